The third-order valence-corrected chi connectivity index (χ3v) is 5.31. The second-order valence-corrected chi connectivity index (χ2v) is 8.19. The first-order valence-electron chi connectivity index (χ1n) is 12.6. The molecule has 0 atom stereocenters. The van der Waals surface area contributed by atoms with E-state index in [1.165, 1.54) is 109 Å². The zero-order chi connectivity index (χ0) is 21.3. The number of hydrogen-bond donors (Lipinski definition) is 1. The van der Waals surface area contributed by atoms with Gasteiger partial charge in [0.2, 0.25) is 0 Å². The van der Waals surface area contributed by atoms with E-state index in [1.54, 1.807) is 0 Å². The van der Waals surface area contributed by atoms with Crippen LogP contribution in [0.2, 0.25) is 0 Å². The molecule has 1 N–H and O–H groups in total. The van der Waals surface area contributed by atoms with Crippen LogP contribution in [0, 0.1) is 0 Å². The lowest BCUT2D eigenvalue weighted by Crippen LogP contribution is -2.00. The molecule has 2 heteroatoms. The highest BCUT2D eigenvalue weighted by Gasteiger charge is 1.94. The normalized spacial score (nSPS) is 10.4. The third-order valence-electron chi connectivity index (χ3n) is 5.31. The Hall–Kier alpha value is -1.02. The summed E-state index contributed by atoms with van der Waals surface area (Å²) in [5.41, 5.74) is 0. The van der Waals surface area contributed by atoms with Crippen LogP contribution >= 0.6 is 0 Å². The lowest BCUT2D eigenvalue weighted by atomic mass is 10.0. The van der Waals surface area contributed by atoms with Crippen molar-refractivity contribution in [3.63, 3.8) is 0 Å². The predicted molar refractivity (Wildman–Crippen MR) is 129 cm³/mol. The summed E-state index contributed by atoms with van der Waals surface area (Å²) in [6.07, 6.45) is 24.9. The Morgan fingerprint density at radius 3 is 1.21 bits per heavy atom. The second kappa shape index (κ2) is 25.0. The number of unbranched alkanes of at least 4 members (excludes halogenated alkanes) is 16. The van der Waals surface area contributed by atoms with Crippen molar-refractivity contribution in [2.45, 2.75) is 123 Å². The fourth-order valence-corrected chi connectivity index (χ4v) is 3.48. The molecule has 0 aliphatic rings. The van der Waals surface area contributed by atoms with Crippen LogP contribution in [-0.2, 0) is 0 Å². The molecule has 0 fully saturated rings. The molecule has 0 radical (unpaired) electrons. The number of aliphatic hydroxyl groups is 1. The summed E-state index contributed by atoms with van der Waals surface area (Å²) in [7, 11) is 0. The molecule has 0 unspecified atom stereocenters. The van der Waals surface area contributed by atoms with Crippen molar-refractivity contribution in [1.82, 2.24) is 0 Å². The van der Waals surface area contributed by atoms with E-state index in [4.69, 9.17) is 9.84 Å². The van der Waals surface area contributed by atoms with E-state index in [0.717, 1.165) is 5.75 Å². The van der Waals surface area contributed by atoms with Crippen molar-refractivity contribution in [2.24, 2.45) is 0 Å². The topological polar surface area (TPSA) is 29.5 Å². The molecule has 0 aliphatic heterocycles. The molecule has 29 heavy (non-hydrogen) atoms. The van der Waals surface area contributed by atoms with Crippen LogP contribution in [-0.4, -0.2) is 18.3 Å². The van der Waals surface area contributed by atoms with Gasteiger partial charge in [-0.1, -0.05) is 141 Å². The van der Waals surface area contributed by atoms with Gasteiger partial charge in [0.05, 0.1) is 6.61 Å². The summed E-state index contributed by atoms with van der Waals surface area (Å²) in [5, 5.41) is 8.40. The smallest absolute Gasteiger partial charge is 0.119 e. The Labute approximate surface area is 182 Å². The van der Waals surface area contributed by atoms with Gasteiger partial charge < -0.3 is 9.84 Å². The minimum absolute atomic E-state index is 0.0644. The standard InChI is InChI=1S/C19H40.C8H10O2/c1-3-5-7-9-11-13-15-17-19-18-16-14-12-10-8-6-4-2;9-6-7-10-8-4-2-1-3-5-8/h3-19H2,1-2H3;1-5,9H,6-7H2. The molecule has 0 saturated heterocycles. The van der Waals surface area contributed by atoms with E-state index in [1.807, 2.05) is 30.3 Å². The first-order chi connectivity index (χ1) is 14.3. The van der Waals surface area contributed by atoms with Crippen LogP contribution in [0.15, 0.2) is 30.3 Å². The second-order valence-electron chi connectivity index (χ2n) is 8.19. The fraction of sp³-hybridized carbons (Fsp3) is 0.778. The number of benzene rings is 1. The van der Waals surface area contributed by atoms with E-state index in [2.05, 4.69) is 13.8 Å². The third kappa shape index (κ3) is 23.1. The summed E-state index contributed by atoms with van der Waals surface area (Å²) >= 11 is 0. The van der Waals surface area contributed by atoms with E-state index in [-0.39, 0.29) is 6.61 Å². The van der Waals surface area contributed by atoms with Gasteiger partial charge in [0.1, 0.15) is 12.4 Å². The van der Waals surface area contributed by atoms with Crippen molar-refractivity contribution in [1.29, 1.82) is 0 Å². The maximum atomic E-state index is 8.40. The van der Waals surface area contributed by atoms with Gasteiger partial charge >= 0.3 is 0 Å². The van der Waals surface area contributed by atoms with Gasteiger partial charge in [0.25, 0.3) is 0 Å². The van der Waals surface area contributed by atoms with E-state index in [0.29, 0.717) is 6.61 Å². The minimum Gasteiger partial charge on any atom is -0.491 e. The predicted octanol–water partition coefficient (Wildman–Crippen LogP) is 8.72. The van der Waals surface area contributed by atoms with Crippen LogP contribution in [0.1, 0.15) is 123 Å². The zero-order valence-corrected chi connectivity index (χ0v) is 19.7. The van der Waals surface area contributed by atoms with E-state index >= 15 is 0 Å². The first kappa shape index (κ1) is 28.0. The maximum absolute atomic E-state index is 8.40. The molecule has 0 aromatic heterocycles. The molecule has 0 spiro atoms. The fourth-order valence-electron chi connectivity index (χ4n) is 3.48. The van der Waals surface area contributed by atoms with Gasteiger partial charge in [0.15, 0.2) is 0 Å². The van der Waals surface area contributed by atoms with E-state index < -0.39 is 0 Å². The summed E-state index contributed by atoms with van der Waals surface area (Å²) in [4.78, 5) is 0. The SMILES string of the molecule is CCCCCCCCCCCCCCCCCCC.OCCOc1ccccc1. The van der Waals surface area contributed by atoms with Gasteiger partial charge in [-0.15, -0.1) is 0 Å². The number of rotatable bonds is 19. The zero-order valence-electron chi connectivity index (χ0n) is 19.7. The first-order valence-corrected chi connectivity index (χ1v) is 12.6. The Bertz CT molecular complexity index is 375. The Morgan fingerprint density at radius 2 is 0.897 bits per heavy atom. The highest BCUT2D eigenvalue weighted by Crippen LogP contribution is 2.13. The van der Waals surface area contributed by atoms with Gasteiger partial charge in [-0.05, 0) is 12.1 Å². The lowest BCUT2D eigenvalue weighted by molar-refractivity contribution is 0.201. The number of aliphatic hydroxyl groups excluding tert-OH is 1. The molecule has 0 bridgehead atoms. The molecule has 170 valence electrons. The van der Waals surface area contributed by atoms with Crippen LogP contribution in [0.4, 0.5) is 0 Å². The number of ether oxygens (including phenoxy) is 1. The highest BCUT2D eigenvalue weighted by molar-refractivity contribution is 5.20. The average molecular weight is 407 g/mol. The maximum Gasteiger partial charge on any atom is 0.119 e. The molecule has 1 aromatic carbocycles. The van der Waals surface area contributed by atoms with Crippen LogP contribution in [0.3, 0.4) is 0 Å². The summed E-state index contributed by atoms with van der Waals surface area (Å²) in [6.45, 7) is 5.02. The number of para-hydroxylation sites is 1. The van der Waals surface area contributed by atoms with Crippen molar-refractivity contribution in [3.8, 4) is 5.75 Å². The van der Waals surface area contributed by atoms with Gasteiger partial charge in [-0.2, -0.15) is 0 Å². The Morgan fingerprint density at radius 1 is 0.552 bits per heavy atom. The van der Waals surface area contributed by atoms with Crippen molar-refractivity contribution in [3.05, 3.63) is 30.3 Å². The molecule has 0 heterocycles. The summed E-state index contributed by atoms with van der Waals surface area (Å²) in [5.74, 6) is 0.802. The molecular weight excluding hydrogens is 356 g/mol. The highest BCUT2D eigenvalue weighted by atomic mass is 16.5. The van der Waals surface area contributed by atoms with Crippen molar-refractivity contribution >= 4 is 0 Å². The summed E-state index contributed by atoms with van der Waals surface area (Å²) in [6, 6.07) is 9.43. The minimum atomic E-state index is 0.0644. The monoisotopic (exact) mass is 406 g/mol. The van der Waals surface area contributed by atoms with Gasteiger partial charge in [-0.3, -0.25) is 0 Å². The Balaban J connectivity index is 0.000000651. The van der Waals surface area contributed by atoms with Crippen LogP contribution in [0.25, 0.3) is 0 Å². The molecule has 0 aliphatic carbocycles. The molecule has 2 nitrogen and oxygen atoms in total. The summed E-state index contributed by atoms with van der Waals surface area (Å²) < 4.78 is 5.11. The van der Waals surface area contributed by atoms with Gasteiger partial charge in [-0.25, -0.2) is 0 Å². The van der Waals surface area contributed by atoms with Crippen LogP contribution < -0.4 is 4.74 Å². The number of hydrogen-bond acceptors (Lipinski definition) is 2. The molecule has 1 rings (SSSR count). The van der Waals surface area contributed by atoms with E-state index in [9.17, 15) is 0 Å². The van der Waals surface area contributed by atoms with Crippen LogP contribution in [0.5, 0.6) is 5.75 Å². The molecule has 0 amide bonds. The van der Waals surface area contributed by atoms with Crippen molar-refractivity contribution < 1.29 is 9.84 Å². The molecular formula is C27H50O2. The molecule has 1 aromatic rings. The quantitative estimate of drug-likeness (QED) is 0.233. The Kier molecular flexibility index (Phi) is 24.1. The molecule has 0 saturated carbocycles. The lowest BCUT2D eigenvalue weighted by Gasteiger charge is -2.03. The van der Waals surface area contributed by atoms with Crippen molar-refractivity contribution in [2.75, 3.05) is 13.2 Å². The van der Waals surface area contributed by atoms with Gasteiger partial charge in [0, 0.05) is 0 Å². The largest absolute Gasteiger partial charge is 0.491 e. The average Bonchev–Trinajstić information content (AvgIpc) is 2.76.